The lowest BCUT2D eigenvalue weighted by Gasteiger charge is -2.17. The quantitative estimate of drug-likeness (QED) is 0.844. The molecular formula is C13H13N3O. The van der Waals surface area contributed by atoms with E-state index in [0.29, 0.717) is 0 Å². The van der Waals surface area contributed by atoms with Crippen LogP contribution in [0.4, 0.5) is 0 Å². The fourth-order valence-corrected chi connectivity index (χ4v) is 2.08. The molecule has 2 atom stereocenters. The number of benzene rings is 1. The Morgan fingerprint density at radius 2 is 2.18 bits per heavy atom. The molecule has 4 heteroatoms. The Morgan fingerprint density at radius 3 is 2.94 bits per heavy atom. The lowest BCUT2D eigenvalue weighted by Crippen LogP contribution is -2.30. The predicted octanol–water partition coefficient (Wildman–Crippen LogP) is 1.48. The van der Waals surface area contributed by atoms with Gasteiger partial charge >= 0.3 is 0 Å². The number of para-hydroxylation sites is 1. The van der Waals surface area contributed by atoms with Gasteiger partial charge in [0, 0.05) is 18.8 Å². The Labute approximate surface area is 99.5 Å². The van der Waals surface area contributed by atoms with Crippen molar-refractivity contribution in [3.05, 3.63) is 54.1 Å². The molecule has 0 aliphatic carbocycles. The summed E-state index contributed by atoms with van der Waals surface area (Å²) in [5, 5.41) is 0. The van der Waals surface area contributed by atoms with E-state index in [1.54, 1.807) is 18.6 Å². The van der Waals surface area contributed by atoms with Crippen LogP contribution in [-0.2, 0) is 6.42 Å². The minimum atomic E-state index is -0.240. The van der Waals surface area contributed by atoms with Gasteiger partial charge in [-0.3, -0.25) is 9.97 Å². The molecule has 4 nitrogen and oxygen atoms in total. The Bertz CT molecular complexity index is 490. The molecule has 17 heavy (non-hydrogen) atoms. The molecule has 0 saturated heterocycles. The van der Waals surface area contributed by atoms with Crippen LogP contribution in [0.25, 0.3) is 0 Å². The molecule has 0 spiro atoms. The first kappa shape index (κ1) is 10.2. The molecule has 0 saturated carbocycles. The number of aromatic nitrogens is 2. The van der Waals surface area contributed by atoms with Crippen LogP contribution in [0.2, 0.25) is 0 Å². The first-order valence-corrected chi connectivity index (χ1v) is 5.60. The summed E-state index contributed by atoms with van der Waals surface area (Å²) < 4.78 is 5.83. The topological polar surface area (TPSA) is 61.0 Å². The summed E-state index contributed by atoms with van der Waals surface area (Å²) in [5.74, 6) is 0.928. The second-order valence-corrected chi connectivity index (χ2v) is 4.12. The van der Waals surface area contributed by atoms with Crippen LogP contribution in [0.5, 0.6) is 5.75 Å². The van der Waals surface area contributed by atoms with Gasteiger partial charge in [-0.25, -0.2) is 0 Å². The van der Waals surface area contributed by atoms with Gasteiger partial charge in [0.2, 0.25) is 0 Å². The minimum absolute atomic E-state index is 0.0518. The summed E-state index contributed by atoms with van der Waals surface area (Å²) in [6.07, 6.45) is 5.76. The van der Waals surface area contributed by atoms with Crippen LogP contribution in [0.3, 0.4) is 0 Å². The smallest absolute Gasteiger partial charge is 0.124 e. The van der Waals surface area contributed by atoms with Gasteiger partial charge in [-0.05, 0) is 11.6 Å². The van der Waals surface area contributed by atoms with Gasteiger partial charge in [-0.15, -0.1) is 0 Å². The number of hydrogen-bond acceptors (Lipinski definition) is 4. The van der Waals surface area contributed by atoms with E-state index < -0.39 is 0 Å². The fourth-order valence-electron chi connectivity index (χ4n) is 2.08. The van der Waals surface area contributed by atoms with Gasteiger partial charge in [0.15, 0.2) is 0 Å². The van der Waals surface area contributed by atoms with Crippen molar-refractivity contribution in [2.24, 2.45) is 5.73 Å². The van der Waals surface area contributed by atoms with E-state index in [-0.39, 0.29) is 12.1 Å². The van der Waals surface area contributed by atoms with E-state index >= 15 is 0 Å². The third kappa shape index (κ3) is 1.87. The molecule has 2 heterocycles. The summed E-state index contributed by atoms with van der Waals surface area (Å²) in [5.41, 5.74) is 8.13. The second-order valence-electron chi connectivity index (χ2n) is 4.12. The Kier molecular flexibility index (Phi) is 2.49. The van der Waals surface area contributed by atoms with Crippen molar-refractivity contribution in [1.29, 1.82) is 0 Å². The van der Waals surface area contributed by atoms with Crippen molar-refractivity contribution in [3.8, 4) is 5.75 Å². The lowest BCUT2D eigenvalue weighted by atomic mass is 10.0. The van der Waals surface area contributed by atoms with Gasteiger partial charge < -0.3 is 10.5 Å². The van der Waals surface area contributed by atoms with Crippen LogP contribution in [0, 0.1) is 0 Å². The van der Waals surface area contributed by atoms with Gasteiger partial charge in [-0.2, -0.15) is 0 Å². The molecule has 3 rings (SSSR count). The van der Waals surface area contributed by atoms with Crippen molar-refractivity contribution >= 4 is 0 Å². The average Bonchev–Trinajstić information content (AvgIpc) is 2.82. The summed E-state index contributed by atoms with van der Waals surface area (Å²) >= 11 is 0. The first-order chi connectivity index (χ1) is 8.34. The summed E-state index contributed by atoms with van der Waals surface area (Å²) in [4.78, 5) is 8.25. The lowest BCUT2D eigenvalue weighted by molar-refractivity contribution is 0.197. The highest BCUT2D eigenvalue weighted by atomic mass is 16.5. The van der Waals surface area contributed by atoms with Crippen molar-refractivity contribution < 1.29 is 4.74 Å². The van der Waals surface area contributed by atoms with Gasteiger partial charge in [0.1, 0.15) is 11.9 Å². The first-order valence-electron chi connectivity index (χ1n) is 5.60. The van der Waals surface area contributed by atoms with E-state index in [1.165, 1.54) is 5.56 Å². The van der Waals surface area contributed by atoms with Crippen molar-refractivity contribution in [3.63, 3.8) is 0 Å². The van der Waals surface area contributed by atoms with E-state index in [9.17, 15) is 0 Å². The van der Waals surface area contributed by atoms with Gasteiger partial charge in [0.05, 0.1) is 17.9 Å². The highest BCUT2D eigenvalue weighted by Gasteiger charge is 2.29. The van der Waals surface area contributed by atoms with Crippen molar-refractivity contribution in [1.82, 2.24) is 9.97 Å². The molecule has 2 N–H and O–H groups in total. The number of nitrogens with two attached hydrogens (primary N) is 1. The summed E-state index contributed by atoms with van der Waals surface area (Å²) in [6, 6.07) is 7.78. The van der Waals surface area contributed by atoms with Crippen LogP contribution in [0.1, 0.15) is 17.3 Å². The standard InChI is InChI=1S/C13H13N3O/c14-13(10-8-15-5-6-16-10)12-7-9-3-1-2-4-11(9)17-12/h1-6,8,12-13H,7,14H2. The van der Waals surface area contributed by atoms with Crippen LogP contribution < -0.4 is 10.5 Å². The molecule has 0 fully saturated rings. The minimum Gasteiger partial charge on any atom is -0.488 e. The summed E-state index contributed by atoms with van der Waals surface area (Å²) in [6.45, 7) is 0. The molecule has 0 bridgehead atoms. The van der Waals surface area contributed by atoms with E-state index in [4.69, 9.17) is 10.5 Å². The maximum Gasteiger partial charge on any atom is 0.124 e. The molecule has 1 aromatic carbocycles. The number of ether oxygens (including phenoxy) is 1. The number of nitrogens with zero attached hydrogens (tertiary/aromatic N) is 2. The molecule has 2 unspecified atom stereocenters. The zero-order valence-electron chi connectivity index (χ0n) is 9.28. The molecule has 1 aliphatic rings. The average molecular weight is 227 g/mol. The molecule has 86 valence electrons. The second kappa shape index (κ2) is 4.14. The Morgan fingerprint density at radius 1 is 1.29 bits per heavy atom. The Hall–Kier alpha value is -1.94. The number of rotatable bonds is 2. The summed E-state index contributed by atoms with van der Waals surface area (Å²) in [7, 11) is 0. The van der Waals surface area contributed by atoms with E-state index in [0.717, 1.165) is 17.9 Å². The molecule has 1 aliphatic heterocycles. The molecule has 0 radical (unpaired) electrons. The van der Waals surface area contributed by atoms with Crippen molar-refractivity contribution in [2.75, 3.05) is 0 Å². The highest BCUT2D eigenvalue weighted by molar-refractivity contribution is 5.38. The van der Waals surface area contributed by atoms with Gasteiger partial charge in [0.25, 0.3) is 0 Å². The SMILES string of the molecule is NC(c1cnccn1)C1Cc2ccccc2O1. The molecule has 1 aromatic heterocycles. The molecule has 2 aromatic rings. The van der Waals surface area contributed by atoms with Crippen LogP contribution in [0.15, 0.2) is 42.9 Å². The maximum absolute atomic E-state index is 6.15. The van der Waals surface area contributed by atoms with E-state index in [2.05, 4.69) is 16.0 Å². The zero-order chi connectivity index (χ0) is 11.7. The maximum atomic E-state index is 6.15. The highest BCUT2D eigenvalue weighted by Crippen LogP contribution is 2.32. The Balaban J connectivity index is 1.81. The normalized spacial score (nSPS) is 19.5. The number of hydrogen-bond donors (Lipinski definition) is 1. The predicted molar refractivity (Wildman–Crippen MR) is 63.5 cm³/mol. The third-order valence-corrected chi connectivity index (χ3v) is 3.00. The number of fused-ring (bicyclic) bond motifs is 1. The van der Waals surface area contributed by atoms with Gasteiger partial charge in [-0.1, -0.05) is 18.2 Å². The largest absolute Gasteiger partial charge is 0.488 e. The zero-order valence-corrected chi connectivity index (χ0v) is 9.28. The van der Waals surface area contributed by atoms with Crippen LogP contribution in [-0.4, -0.2) is 16.1 Å². The monoisotopic (exact) mass is 227 g/mol. The van der Waals surface area contributed by atoms with Crippen molar-refractivity contribution in [2.45, 2.75) is 18.6 Å². The fraction of sp³-hybridized carbons (Fsp3) is 0.231. The molecule has 0 amide bonds. The van der Waals surface area contributed by atoms with Crippen LogP contribution >= 0.6 is 0 Å². The molecular weight excluding hydrogens is 214 g/mol. The van der Waals surface area contributed by atoms with E-state index in [1.807, 2.05) is 18.2 Å². The third-order valence-electron chi connectivity index (χ3n) is 3.00.